The van der Waals surface area contributed by atoms with Crippen LogP contribution in [0.2, 0.25) is 5.02 Å². The van der Waals surface area contributed by atoms with Gasteiger partial charge in [-0.3, -0.25) is 39.2 Å². The van der Waals surface area contributed by atoms with E-state index < -0.39 is 11.9 Å². The standard InChI is InChI=1S/C43H42ClN9O3S/c1-24(20-51-21-28(22-51)19-46-34-8-6-7-32-33(34)23-52(42(32)56)35-16-18-37(54)48-41(35)55)9-14-31(45-5)15-17-36-25(2)38-39(29-10-12-30(44)13-11-29)47-26(3)40-50-49-27(4)53(40)43(38)57-36/h6-14,26,28,35,46H,5,16,18-23H2,1-4H3,(H,48,54,55)/b24-9+,31-14-/t26-,35?/m0/s1. The number of imide groups is 1. The molecule has 2 fully saturated rings. The maximum Gasteiger partial charge on any atom is 0.255 e. The van der Waals surface area contributed by atoms with Gasteiger partial charge < -0.3 is 10.2 Å². The molecule has 6 heterocycles. The number of benzene rings is 2. The number of halogens is 1. The fourth-order valence-electron chi connectivity index (χ4n) is 7.92. The minimum Gasteiger partial charge on any atom is -0.384 e. The molecule has 4 aliphatic heterocycles. The van der Waals surface area contributed by atoms with Gasteiger partial charge in [-0.1, -0.05) is 41.4 Å². The number of anilines is 1. The van der Waals surface area contributed by atoms with Gasteiger partial charge in [0.15, 0.2) is 5.82 Å². The molecule has 0 radical (unpaired) electrons. The van der Waals surface area contributed by atoms with E-state index in [1.807, 2.05) is 62.4 Å². The number of piperidine rings is 1. The van der Waals surface area contributed by atoms with Crippen LogP contribution in [-0.2, 0) is 16.1 Å². The number of amides is 3. The summed E-state index contributed by atoms with van der Waals surface area (Å²) >= 11 is 7.83. The number of hydrogen-bond acceptors (Lipinski definition) is 10. The second-order valence-corrected chi connectivity index (χ2v) is 16.4. The highest BCUT2D eigenvalue weighted by Crippen LogP contribution is 2.39. The average Bonchev–Trinajstić information content (AvgIpc) is 3.81. The first kappa shape index (κ1) is 38.2. The Hall–Kier alpha value is -5.68. The van der Waals surface area contributed by atoms with Gasteiger partial charge in [0.2, 0.25) is 11.8 Å². The van der Waals surface area contributed by atoms with Crippen molar-refractivity contribution in [2.45, 2.75) is 59.2 Å². The lowest BCUT2D eigenvalue weighted by atomic mass is 9.98. The molecule has 0 saturated carbocycles. The van der Waals surface area contributed by atoms with E-state index in [4.69, 9.17) is 16.6 Å². The quantitative estimate of drug-likeness (QED) is 0.0891. The summed E-state index contributed by atoms with van der Waals surface area (Å²) in [5.74, 6) is 7.80. The van der Waals surface area contributed by atoms with Crippen molar-refractivity contribution in [2.75, 3.05) is 31.5 Å². The van der Waals surface area contributed by atoms with Crippen molar-refractivity contribution in [3.8, 4) is 16.8 Å². The Labute approximate surface area is 340 Å². The first-order valence-electron chi connectivity index (χ1n) is 19.0. The van der Waals surface area contributed by atoms with Crippen LogP contribution in [0.15, 0.2) is 75.9 Å². The molecule has 3 amide bonds. The molecule has 2 aromatic heterocycles. The number of aryl methyl sites for hydroxylation is 1. The van der Waals surface area contributed by atoms with Crippen LogP contribution in [-0.4, -0.2) is 86.9 Å². The van der Waals surface area contributed by atoms with Gasteiger partial charge in [0.1, 0.15) is 28.6 Å². The van der Waals surface area contributed by atoms with Gasteiger partial charge in [0, 0.05) is 78.0 Å². The number of likely N-dealkylation sites (tertiary alicyclic amines) is 1. The highest BCUT2D eigenvalue weighted by Gasteiger charge is 2.40. The molecular formula is C43H42ClN9O3S. The van der Waals surface area contributed by atoms with Gasteiger partial charge >= 0.3 is 0 Å². The van der Waals surface area contributed by atoms with Gasteiger partial charge in [0.05, 0.1) is 10.6 Å². The van der Waals surface area contributed by atoms with Gasteiger partial charge in [-0.05, 0) is 88.6 Å². The smallest absolute Gasteiger partial charge is 0.255 e. The molecule has 2 N–H and O–H groups in total. The number of rotatable bonds is 9. The lowest BCUT2D eigenvalue weighted by molar-refractivity contribution is -0.136. The molecule has 57 heavy (non-hydrogen) atoms. The van der Waals surface area contributed by atoms with Crippen molar-refractivity contribution >= 4 is 58.8 Å². The van der Waals surface area contributed by atoms with Crippen LogP contribution in [0, 0.1) is 31.6 Å². The molecule has 2 atom stereocenters. The molecule has 0 spiro atoms. The number of nitrogens with zero attached hydrogens (tertiary/aromatic N) is 7. The predicted molar refractivity (Wildman–Crippen MR) is 223 cm³/mol. The fourth-order valence-corrected chi connectivity index (χ4v) is 9.26. The summed E-state index contributed by atoms with van der Waals surface area (Å²) in [6.07, 6.45) is 4.55. The molecular weight excluding hydrogens is 758 g/mol. The second-order valence-electron chi connectivity index (χ2n) is 15.0. The Kier molecular flexibility index (Phi) is 10.5. The van der Waals surface area contributed by atoms with Crippen molar-refractivity contribution < 1.29 is 14.4 Å². The molecule has 12 nitrogen and oxygen atoms in total. The van der Waals surface area contributed by atoms with E-state index in [-0.39, 0.29) is 24.3 Å². The largest absolute Gasteiger partial charge is 0.384 e. The van der Waals surface area contributed by atoms with E-state index in [1.54, 1.807) is 16.2 Å². The molecule has 8 rings (SSSR count). The first-order valence-corrected chi connectivity index (χ1v) is 20.2. The summed E-state index contributed by atoms with van der Waals surface area (Å²) in [6, 6.07) is 12.6. The van der Waals surface area contributed by atoms with Gasteiger partial charge in [-0.15, -0.1) is 21.5 Å². The number of carbonyl (C=O) groups excluding carboxylic acids is 3. The number of fused-ring (bicyclic) bond motifs is 4. The van der Waals surface area contributed by atoms with Crippen LogP contribution < -0.4 is 10.6 Å². The lowest BCUT2D eigenvalue weighted by Crippen LogP contribution is -2.52. The van der Waals surface area contributed by atoms with Crippen LogP contribution in [0.4, 0.5) is 5.69 Å². The Morgan fingerprint density at radius 3 is 2.67 bits per heavy atom. The number of aromatic nitrogens is 3. The van der Waals surface area contributed by atoms with Crippen molar-refractivity contribution in [3.05, 3.63) is 115 Å². The van der Waals surface area contributed by atoms with E-state index in [0.717, 1.165) is 81.4 Å². The predicted octanol–water partition coefficient (Wildman–Crippen LogP) is 6.20. The SMILES string of the molecule is C=N/C(C#Cc1sc2c(c1C)C(c1ccc(Cl)cc1)=N[C@@H](C)c1nnc(C)n1-2)=C\C=C(/C)CN1CC(CNc2cccc3c2CN(C2CCC(=O)NC2=O)C3=O)C1. The van der Waals surface area contributed by atoms with E-state index in [9.17, 15) is 14.4 Å². The Balaban J connectivity index is 0.903. The van der Waals surface area contributed by atoms with Crippen molar-refractivity contribution in [2.24, 2.45) is 15.9 Å². The Morgan fingerprint density at radius 1 is 1.12 bits per heavy atom. The number of nitrogens with one attached hydrogen (secondary N) is 2. The summed E-state index contributed by atoms with van der Waals surface area (Å²) in [4.78, 5) is 51.6. The summed E-state index contributed by atoms with van der Waals surface area (Å²) in [7, 11) is 0. The molecule has 4 aromatic rings. The summed E-state index contributed by atoms with van der Waals surface area (Å²) in [5, 5.41) is 16.4. The van der Waals surface area contributed by atoms with E-state index >= 15 is 0 Å². The Morgan fingerprint density at radius 2 is 1.91 bits per heavy atom. The first-order chi connectivity index (χ1) is 27.5. The number of hydrogen-bond donors (Lipinski definition) is 2. The highest BCUT2D eigenvalue weighted by atomic mass is 35.5. The average molecular weight is 800 g/mol. The summed E-state index contributed by atoms with van der Waals surface area (Å²) in [5.41, 5.74) is 8.08. The van der Waals surface area contributed by atoms with E-state index in [1.165, 1.54) is 5.57 Å². The third-order valence-corrected chi connectivity index (χ3v) is 12.3. The molecule has 1 unspecified atom stereocenters. The third kappa shape index (κ3) is 7.48. The maximum absolute atomic E-state index is 13.2. The van der Waals surface area contributed by atoms with Crippen molar-refractivity contribution in [3.63, 3.8) is 0 Å². The zero-order valence-electron chi connectivity index (χ0n) is 32.2. The van der Waals surface area contributed by atoms with Crippen LogP contribution in [0.3, 0.4) is 0 Å². The normalized spacial score (nSPS) is 19.8. The molecule has 290 valence electrons. The monoisotopic (exact) mass is 799 g/mol. The molecule has 0 aliphatic carbocycles. The van der Waals surface area contributed by atoms with Crippen LogP contribution in [0.5, 0.6) is 0 Å². The fraction of sp³-hybridized carbons (Fsp3) is 0.326. The highest BCUT2D eigenvalue weighted by molar-refractivity contribution is 7.15. The third-order valence-electron chi connectivity index (χ3n) is 10.9. The van der Waals surface area contributed by atoms with Crippen molar-refractivity contribution in [1.29, 1.82) is 0 Å². The summed E-state index contributed by atoms with van der Waals surface area (Å²) in [6.45, 7) is 15.8. The topological polar surface area (TPSA) is 137 Å². The molecule has 4 aliphatic rings. The molecule has 2 aromatic carbocycles. The number of aliphatic imine (C=N–C) groups is 2. The van der Waals surface area contributed by atoms with Gasteiger partial charge in [-0.25, -0.2) is 0 Å². The van der Waals surface area contributed by atoms with Gasteiger partial charge in [0.25, 0.3) is 5.91 Å². The van der Waals surface area contributed by atoms with Crippen LogP contribution in [0.25, 0.3) is 5.00 Å². The van der Waals surface area contributed by atoms with E-state index in [0.29, 0.717) is 35.2 Å². The minimum absolute atomic E-state index is 0.166. The Bertz CT molecular complexity index is 2480. The molecule has 14 heteroatoms. The number of allylic oxidation sites excluding steroid dienone is 3. The molecule has 2 saturated heterocycles. The minimum atomic E-state index is -0.629. The zero-order valence-corrected chi connectivity index (χ0v) is 33.8. The zero-order chi connectivity index (χ0) is 40.0. The van der Waals surface area contributed by atoms with Crippen LogP contribution >= 0.6 is 22.9 Å². The van der Waals surface area contributed by atoms with Crippen molar-refractivity contribution in [1.82, 2.24) is 29.9 Å². The maximum atomic E-state index is 13.2. The molecule has 0 bridgehead atoms. The number of thiophene rings is 1. The van der Waals surface area contributed by atoms with Crippen LogP contribution in [0.1, 0.15) is 81.9 Å². The van der Waals surface area contributed by atoms with E-state index in [2.05, 4.69) is 73.8 Å². The lowest BCUT2D eigenvalue weighted by Gasteiger charge is -2.39. The summed E-state index contributed by atoms with van der Waals surface area (Å²) < 4.78 is 2.09. The number of carbonyl (C=O) groups is 3. The second kappa shape index (κ2) is 15.7. The van der Waals surface area contributed by atoms with Gasteiger partial charge in [-0.2, -0.15) is 0 Å².